The molecular weight excluding hydrogens is 402 g/mol. The van der Waals surface area contributed by atoms with Crippen molar-refractivity contribution in [1.82, 2.24) is 4.90 Å². The van der Waals surface area contributed by atoms with E-state index in [9.17, 15) is 4.79 Å². The summed E-state index contributed by atoms with van der Waals surface area (Å²) < 4.78 is 11.1. The van der Waals surface area contributed by atoms with Crippen LogP contribution in [0.15, 0.2) is 30.3 Å². The molecule has 0 bridgehead atoms. The molecule has 1 saturated heterocycles. The molecule has 6 nitrogen and oxygen atoms in total. The normalized spacial score (nSPS) is 14.7. The van der Waals surface area contributed by atoms with E-state index in [0.29, 0.717) is 22.1 Å². The van der Waals surface area contributed by atoms with E-state index in [-0.39, 0.29) is 12.0 Å². The number of amides is 1. The molecule has 30 heavy (non-hydrogen) atoms. The van der Waals surface area contributed by atoms with Crippen molar-refractivity contribution in [2.24, 2.45) is 0 Å². The second kappa shape index (κ2) is 9.58. The van der Waals surface area contributed by atoms with E-state index in [4.69, 9.17) is 21.1 Å². The Balaban J connectivity index is 1.76. The summed E-state index contributed by atoms with van der Waals surface area (Å²) in [5.74, 6) is 0.624. The molecule has 1 N–H and O–H groups in total. The number of halogens is 1. The number of nitrogens with zero attached hydrogens (tertiary/aromatic N) is 2. The Labute approximate surface area is 183 Å². The molecule has 7 heteroatoms. The first-order valence-corrected chi connectivity index (χ1v) is 10.6. The topological polar surface area (TPSA) is 54.0 Å². The third kappa shape index (κ3) is 5.18. The number of carbonyl (C=O) groups is 1. The zero-order chi connectivity index (χ0) is 21.8. The van der Waals surface area contributed by atoms with Crippen molar-refractivity contribution < 1.29 is 14.3 Å². The first-order chi connectivity index (χ1) is 14.3. The number of rotatable bonds is 6. The van der Waals surface area contributed by atoms with E-state index in [2.05, 4.69) is 35.2 Å². The molecule has 1 aliphatic heterocycles. The van der Waals surface area contributed by atoms with Crippen LogP contribution in [0.3, 0.4) is 0 Å². The van der Waals surface area contributed by atoms with Crippen molar-refractivity contribution in [3.05, 3.63) is 46.5 Å². The van der Waals surface area contributed by atoms with E-state index in [0.717, 1.165) is 37.4 Å². The van der Waals surface area contributed by atoms with Crippen molar-refractivity contribution >= 4 is 28.9 Å². The van der Waals surface area contributed by atoms with Gasteiger partial charge in [0.1, 0.15) is 0 Å². The van der Waals surface area contributed by atoms with Crippen molar-refractivity contribution in [3.8, 4) is 11.5 Å². The fourth-order valence-corrected chi connectivity index (χ4v) is 3.79. The number of aryl methyl sites for hydroxylation is 1. The van der Waals surface area contributed by atoms with Crippen LogP contribution in [0, 0.1) is 6.92 Å². The van der Waals surface area contributed by atoms with Crippen LogP contribution in [0.5, 0.6) is 11.5 Å². The molecule has 3 rings (SSSR count). The summed E-state index contributed by atoms with van der Waals surface area (Å²) in [5.41, 5.74) is 3.50. The van der Waals surface area contributed by atoms with E-state index in [1.54, 1.807) is 12.1 Å². The Morgan fingerprint density at radius 1 is 1.13 bits per heavy atom. The number of carbonyl (C=O) groups excluding carboxylic acids is 1. The van der Waals surface area contributed by atoms with Crippen LogP contribution in [-0.4, -0.2) is 57.2 Å². The lowest BCUT2D eigenvalue weighted by Crippen LogP contribution is -2.44. The van der Waals surface area contributed by atoms with Crippen molar-refractivity contribution in [3.63, 3.8) is 0 Å². The summed E-state index contributed by atoms with van der Waals surface area (Å²) in [6.07, 6.45) is -0.0575. The number of hydrogen-bond acceptors (Lipinski definition) is 5. The average Bonchev–Trinajstić information content (AvgIpc) is 2.70. The zero-order valence-corrected chi connectivity index (χ0v) is 19.0. The highest BCUT2D eigenvalue weighted by molar-refractivity contribution is 6.32. The molecule has 0 aromatic heterocycles. The minimum Gasteiger partial charge on any atom is -0.493 e. The van der Waals surface area contributed by atoms with Gasteiger partial charge in [-0.05, 0) is 63.7 Å². The van der Waals surface area contributed by atoms with E-state index in [1.165, 1.54) is 12.8 Å². The van der Waals surface area contributed by atoms with E-state index < -0.39 is 0 Å². The van der Waals surface area contributed by atoms with Gasteiger partial charge >= 0.3 is 0 Å². The molecule has 1 heterocycles. The van der Waals surface area contributed by atoms with Gasteiger partial charge in [0.15, 0.2) is 11.5 Å². The minimum atomic E-state index is -0.252. The number of methoxy groups -OCH3 is 1. The molecule has 0 saturated carbocycles. The number of nitrogens with one attached hydrogen (secondary N) is 1. The van der Waals surface area contributed by atoms with Gasteiger partial charge in [0.25, 0.3) is 5.91 Å². The number of likely N-dealkylation sites (N-methyl/N-ethyl adjacent to an activating group) is 1. The molecule has 162 valence electrons. The maximum absolute atomic E-state index is 12.8. The van der Waals surface area contributed by atoms with Crippen LogP contribution < -0.4 is 19.7 Å². The van der Waals surface area contributed by atoms with Crippen molar-refractivity contribution in [2.45, 2.75) is 26.9 Å². The number of ether oxygens (including phenoxy) is 2. The van der Waals surface area contributed by atoms with Gasteiger partial charge in [-0.25, -0.2) is 0 Å². The Morgan fingerprint density at radius 3 is 2.43 bits per heavy atom. The molecule has 0 aliphatic carbocycles. The fourth-order valence-electron chi connectivity index (χ4n) is 3.54. The molecule has 1 amide bonds. The lowest BCUT2D eigenvalue weighted by Gasteiger charge is -2.35. The maximum atomic E-state index is 12.8. The van der Waals surface area contributed by atoms with Gasteiger partial charge in [-0.2, -0.15) is 0 Å². The summed E-state index contributed by atoms with van der Waals surface area (Å²) in [4.78, 5) is 17.5. The highest BCUT2D eigenvalue weighted by atomic mass is 35.5. The molecule has 0 spiro atoms. The molecule has 2 aromatic carbocycles. The molecule has 0 unspecified atom stereocenters. The standard InChI is InChI=1S/C23H30ClN3O3/c1-15(2)30-22-19(24)13-17(14-21(22)29-5)23(28)25-18-6-7-20(16(3)12-18)27-10-8-26(4)9-11-27/h6-7,12-15H,8-11H2,1-5H3,(H,25,28). The number of benzene rings is 2. The average molecular weight is 432 g/mol. The first-order valence-electron chi connectivity index (χ1n) is 10.2. The Hall–Kier alpha value is -2.44. The number of anilines is 2. The minimum absolute atomic E-state index is 0.0575. The van der Waals surface area contributed by atoms with Crippen LogP contribution in [0.2, 0.25) is 5.02 Å². The lowest BCUT2D eigenvalue weighted by molar-refractivity contribution is 0.102. The Bertz CT molecular complexity index is 909. The smallest absolute Gasteiger partial charge is 0.255 e. The number of hydrogen-bond donors (Lipinski definition) is 1. The monoisotopic (exact) mass is 431 g/mol. The van der Waals surface area contributed by atoms with Crippen LogP contribution in [0.4, 0.5) is 11.4 Å². The van der Waals surface area contributed by atoms with E-state index >= 15 is 0 Å². The predicted molar refractivity (Wildman–Crippen MR) is 123 cm³/mol. The highest BCUT2D eigenvalue weighted by Gasteiger charge is 2.19. The predicted octanol–water partition coefficient (Wildman–Crippen LogP) is 4.45. The molecule has 0 atom stereocenters. The second-order valence-electron chi connectivity index (χ2n) is 7.90. The van der Waals surface area contributed by atoms with Crippen molar-refractivity contribution in [1.29, 1.82) is 0 Å². The quantitative estimate of drug-likeness (QED) is 0.732. The fraction of sp³-hybridized carbons (Fsp3) is 0.435. The van der Waals surface area contributed by atoms with Gasteiger partial charge in [-0.1, -0.05) is 11.6 Å². The summed E-state index contributed by atoms with van der Waals surface area (Å²) in [6, 6.07) is 9.25. The van der Waals surface area contributed by atoms with Crippen LogP contribution >= 0.6 is 11.6 Å². The van der Waals surface area contributed by atoms with Gasteiger partial charge in [0, 0.05) is 43.1 Å². The van der Waals surface area contributed by atoms with Gasteiger partial charge in [0.05, 0.1) is 18.2 Å². The highest BCUT2D eigenvalue weighted by Crippen LogP contribution is 2.37. The summed E-state index contributed by atoms with van der Waals surface area (Å²) in [5, 5.41) is 3.30. The summed E-state index contributed by atoms with van der Waals surface area (Å²) in [6.45, 7) is 10.0. The van der Waals surface area contributed by atoms with Gasteiger partial charge in [0.2, 0.25) is 0 Å². The first kappa shape index (κ1) is 22.2. The SMILES string of the molecule is COc1cc(C(=O)Nc2ccc(N3CCN(C)CC3)c(C)c2)cc(Cl)c1OC(C)C. The maximum Gasteiger partial charge on any atom is 0.255 e. The van der Waals surface area contributed by atoms with Crippen LogP contribution in [0.25, 0.3) is 0 Å². The third-order valence-electron chi connectivity index (χ3n) is 5.14. The molecule has 2 aromatic rings. The Kier molecular flexibility index (Phi) is 7.10. The van der Waals surface area contributed by atoms with Gasteiger partial charge in [-0.3, -0.25) is 4.79 Å². The van der Waals surface area contributed by atoms with E-state index in [1.807, 2.05) is 26.0 Å². The van der Waals surface area contributed by atoms with Crippen molar-refractivity contribution in [2.75, 3.05) is 50.6 Å². The van der Waals surface area contributed by atoms with Crippen LogP contribution in [-0.2, 0) is 0 Å². The number of piperazine rings is 1. The molecule has 0 radical (unpaired) electrons. The Morgan fingerprint density at radius 2 is 1.83 bits per heavy atom. The summed E-state index contributed by atoms with van der Waals surface area (Å²) >= 11 is 6.35. The zero-order valence-electron chi connectivity index (χ0n) is 18.3. The summed E-state index contributed by atoms with van der Waals surface area (Å²) in [7, 11) is 3.67. The second-order valence-corrected chi connectivity index (χ2v) is 8.31. The van der Waals surface area contributed by atoms with Crippen LogP contribution in [0.1, 0.15) is 29.8 Å². The largest absolute Gasteiger partial charge is 0.493 e. The molecule has 1 aliphatic rings. The molecular formula is C23H30ClN3O3. The van der Waals surface area contributed by atoms with Gasteiger partial charge in [-0.15, -0.1) is 0 Å². The molecule has 1 fully saturated rings. The lowest BCUT2D eigenvalue weighted by atomic mass is 10.1. The van der Waals surface area contributed by atoms with Gasteiger partial charge < -0.3 is 24.6 Å². The third-order valence-corrected chi connectivity index (χ3v) is 5.42.